The van der Waals surface area contributed by atoms with Gasteiger partial charge in [-0.05, 0) is 0 Å². The van der Waals surface area contributed by atoms with E-state index in [0.717, 1.165) is 0 Å². The molecule has 0 saturated heterocycles. The molecule has 0 aromatic carbocycles. The van der Waals surface area contributed by atoms with Gasteiger partial charge in [-0.25, -0.2) is 0 Å². The minimum atomic E-state index is 0. The third-order valence-electron chi connectivity index (χ3n) is 0. The Morgan fingerprint density at radius 3 is 0.333 bits per heavy atom. The first kappa shape index (κ1) is 53.9. The molecule has 6 heteroatoms. The molecule has 56 valence electrons. The standard InChI is InChI=1S/4Cu.2Sn.4H. The first-order chi connectivity index (χ1) is 0. The van der Waals surface area contributed by atoms with Crippen molar-refractivity contribution in [1.29, 1.82) is 0 Å². The van der Waals surface area contributed by atoms with E-state index in [0.29, 0.717) is 0 Å². The molecular formula is H4Cu4Sn2. The van der Waals surface area contributed by atoms with Crippen molar-refractivity contribution in [3.05, 3.63) is 0 Å². The second-order valence-corrected chi connectivity index (χ2v) is 0. The predicted octanol–water partition coefficient (Wildman–Crippen LogP) is -1.84. The van der Waals surface area contributed by atoms with Gasteiger partial charge in [0.1, 0.15) is 0 Å². The second-order valence-electron chi connectivity index (χ2n) is 0. The van der Waals surface area contributed by atoms with Crippen LogP contribution in [0.1, 0.15) is 0 Å². The predicted molar refractivity (Wildman–Crippen MR) is 17.1 cm³/mol. The average Bonchev–Trinajstić information content (AvgIpc) is 0. The summed E-state index contributed by atoms with van der Waals surface area (Å²) in [6.45, 7) is 0. The van der Waals surface area contributed by atoms with Crippen molar-refractivity contribution in [2.45, 2.75) is 0 Å². The maximum absolute atomic E-state index is 0. The van der Waals surface area contributed by atoms with Crippen LogP contribution in [0.4, 0.5) is 0 Å². The van der Waals surface area contributed by atoms with Crippen LogP contribution in [0.5, 0.6) is 0 Å². The Labute approximate surface area is 114 Å². The third kappa shape index (κ3) is 25.3. The topological polar surface area (TPSA) is 0 Å². The maximum atomic E-state index is 0. The van der Waals surface area contributed by atoms with Crippen LogP contribution in [0, 0.1) is 0 Å². The van der Waals surface area contributed by atoms with Gasteiger partial charge in [-0.15, -0.1) is 0 Å². The summed E-state index contributed by atoms with van der Waals surface area (Å²) >= 11 is 0. The Bertz CT molecular complexity index is 5.51. The van der Waals surface area contributed by atoms with Crippen molar-refractivity contribution < 1.29 is 68.3 Å². The van der Waals surface area contributed by atoms with E-state index in [2.05, 4.69) is 0 Å². The van der Waals surface area contributed by atoms with Gasteiger partial charge in [0.15, 0.2) is 0 Å². The molecule has 0 amide bonds. The summed E-state index contributed by atoms with van der Waals surface area (Å²) in [5.74, 6) is 0. The Balaban J connectivity index is 0. The molecular weight excluding hydrogens is 492 g/mol. The summed E-state index contributed by atoms with van der Waals surface area (Å²) in [5, 5.41) is 0. The first-order valence-electron chi connectivity index (χ1n) is 0. The van der Waals surface area contributed by atoms with Gasteiger partial charge in [0.25, 0.3) is 0 Å². The SMILES string of the molecule is [Cu].[Cu].[Cu].[Cu].[SnH2].[SnH2]. The van der Waals surface area contributed by atoms with Crippen LogP contribution < -0.4 is 0 Å². The Morgan fingerprint density at radius 2 is 0.333 bits per heavy atom. The fourth-order valence-corrected chi connectivity index (χ4v) is 0. The van der Waals surface area contributed by atoms with Crippen molar-refractivity contribution in [2.75, 3.05) is 0 Å². The van der Waals surface area contributed by atoms with Crippen molar-refractivity contribution in [1.82, 2.24) is 0 Å². The van der Waals surface area contributed by atoms with Crippen LogP contribution >= 0.6 is 0 Å². The Hall–Kier alpha value is 3.68. The normalized spacial score (nSPS) is 0. The van der Waals surface area contributed by atoms with E-state index >= 15 is 0 Å². The fourth-order valence-electron chi connectivity index (χ4n) is 0. The van der Waals surface area contributed by atoms with Crippen molar-refractivity contribution in [2.24, 2.45) is 0 Å². The van der Waals surface area contributed by atoms with Gasteiger partial charge in [0, 0.05) is 68.3 Å². The van der Waals surface area contributed by atoms with Crippen LogP contribution in [0.25, 0.3) is 0 Å². The van der Waals surface area contributed by atoms with Gasteiger partial charge < -0.3 is 0 Å². The molecule has 0 spiro atoms. The van der Waals surface area contributed by atoms with Crippen LogP contribution in [0.15, 0.2) is 0 Å². The summed E-state index contributed by atoms with van der Waals surface area (Å²) < 4.78 is 0. The van der Waals surface area contributed by atoms with Crippen LogP contribution in [-0.4, -0.2) is 47.8 Å². The van der Waals surface area contributed by atoms with E-state index in [1.54, 1.807) is 0 Å². The molecule has 0 aromatic heterocycles. The van der Waals surface area contributed by atoms with Gasteiger partial charge in [-0.1, -0.05) is 0 Å². The van der Waals surface area contributed by atoms with Crippen LogP contribution in [-0.2, 0) is 68.3 Å². The molecule has 0 aliphatic carbocycles. The quantitative estimate of drug-likeness (QED) is 0.347. The zero-order valence-corrected chi connectivity index (χ0v) is 14.5. The minimum absolute atomic E-state index is 0. The summed E-state index contributed by atoms with van der Waals surface area (Å²) in [4.78, 5) is 0. The number of hydrogen-bond acceptors (Lipinski definition) is 0. The van der Waals surface area contributed by atoms with Crippen molar-refractivity contribution in [3.63, 3.8) is 0 Å². The van der Waals surface area contributed by atoms with E-state index < -0.39 is 0 Å². The molecule has 0 rings (SSSR count). The van der Waals surface area contributed by atoms with E-state index in [4.69, 9.17) is 0 Å². The molecule has 0 unspecified atom stereocenters. The van der Waals surface area contributed by atoms with Crippen molar-refractivity contribution in [3.8, 4) is 0 Å². The molecule has 8 radical (unpaired) electrons. The van der Waals surface area contributed by atoms with E-state index in [1.807, 2.05) is 0 Å². The van der Waals surface area contributed by atoms with Crippen molar-refractivity contribution >= 4 is 47.8 Å². The fraction of sp³-hybridized carbons (Fsp3) is 0. The summed E-state index contributed by atoms with van der Waals surface area (Å²) in [5.41, 5.74) is 0. The number of rotatable bonds is 0. The molecule has 0 N–H and O–H groups in total. The monoisotopic (exact) mass is 496 g/mol. The summed E-state index contributed by atoms with van der Waals surface area (Å²) in [7, 11) is 0. The van der Waals surface area contributed by atoms with E-state index in [-0.39, 0.29) is 116 Å². The molecule has 0 fully saturated rings. The molecule has 0 bridgehead atoms. The summed E-state index contributed by atoms with van der Waals surface area (Å²) in [6, 6.07) is 0. The molecule has 0 aliphatic rings. The van der Waals surface area contributed by atoms with E-state index in [1.165, 1.54) is 0 Å². The van der Waals surface area contributed by atoms with Crippen LogP contribution in [0.2, 0.25) is 0 Å². The van der Waals surface area contributed by atoms with E-state index in [9.17, 15) is 0 Å². The summed E-state index contributed by atoms with van der Waals surface area (Å²) in [6.07, 6.45) is 0. The number of hydrogen-bond donors (Lipinski definition) is 0. The Kier molecular flexibility index (Phi) is 340. The van der Waals surface area contributed by atoms with Gasteiger partial charge in [-0.3, -0.25) is 0 Å². The first-order valence-corrected chi connectivity index (χ1v) is 0. The van der Waals surface area contributed by atoms with Gasteiger partial charge in [-0.2, -0.15) is 0 Å². The third-order valence-corrected chi connectivity index (χ3v) is 0. The molecule has 0 aromatic rings. The molecule has 0 heterocycles. The van der Waals surface area contributed by atoms with Gasteiger partial charge in [0.05, 0.1) is 0 Å². The zero-order valence-electron chi connectivity index (χ0n) is 2.62. The molecule has 0 atom stereocenters. The average molecular weight is 496 g/mol. The second kappa shape index (κ2) is 37.8. The molecule has 0 aliphatic heterocycles. The van der Waals surface area contributed by atoms with Gasteiger partial charge in [0.2, 0.25) is 0 Å². The Morgan fingerprint density at radius 1 is 0.333 bits per heavy atom. The molecule has 0 nitrogen and oxygen atoms in total. The van der Waals surface area contributed by atoms with Gasteiger partial charge >= 0.3 is 47.8 Å². The molecule has 6 heavy (non-hydrogen) atoms. The molecule has 0 saturated carbocycles. The van der Waals surface area contributed by atoms with Crippen LogP contribution in [0.3, 0.4) is 0 Å². The zero-order chi connectivity index (χ0) is 0.